The third kappa shape index (κ3) is 4.54. The minimum atomic E-state index is -0.310. The van der Waals surface area contributed by atoms with E-state index in [0.717, 1.165) is 33.1 Å². The fraction of sp³-hybridized carbons (Fsp3) is 0.143. The van der Waals surface area contributed by atoms with Crippen molar-refractivity contribution < 1.29 is 13.6 Å². The number of amides is 1. The third-order valence-electron chi connectivity index (χ3n) is 5.94. The van der Waals surface area contributed by atoms with Crippen molar-refractivity contribution in [2.75, 3.05) is 5.32 Å². The average Bonchev–Trinajstić information content (AvgIpc) is 3.52. The summed E-state index contributed by atoms with van der Waals surface area (Å²) < 4.78 is 12.7. The predicted octanol–water partition coefficient (Wildman–Crippen LogP) is 8.28. The molecular weight excluding hydrogens is 492 g/mol. The largest absolute Gasteiger partial charge is 0.451 e. The minimum absolute atomic E-state index is 0.248. The van der Waals surface area contributed by atoms with Crippen molar-refractivity contribution >= 4 is 38.6 Å². The molecule has 5 rings (SSSR count). The zero-order chi connectivity index (χ0) is 23.7. The molecule has 0 fully saturated rings. The molecule has 0 spiro atoms. The van der Waals surface area contributed by atoms with Crippen molar-refractivity contribution in [3.63, 3.8) is 0 Å². The van der Waals surface area contributed by atoms with Gasteiger partial charge in [-0.25, -0.2) is 4.98 Å². The van der Waals surface area contributed by atoms with E-state index in [4.69, 9.17) is 8.83 Å². The summed E-state index contributed by atoms with van der Waals surface area (Å²) >= 11 is 3.42. The molecule has 0 aliphatic carbocycles. The Labute approximate surface area is 205 Å². The summed E-state index contributed by atoms with van der Waals surface area (Å²) in [6, 6.07) is 24.8. The highest BCUT2D eigenvalue weighted by atomic mass is 79.9. The highest BCUT2D eigenvalue weighted by molar-refractivity contribution is 9.10. The van der Waals surface area contributed by atoms with Crippen molar-refractivity contribution in [1.82, 2.24) is 4.98 Å². The maximum absolute atomic E-state index is 12.7. The van der Waals surface area contributed by atoms with Crippen LogP contribution in [0, 0.1) is 0 Å². The van der Waals surface area contributed by atoms with Gasteiger partial charge in [-0.05, 0) is 78.6 Å². The van der Waals surface area contributed by atoms with E-state index in [0.29, 0.717) is 23.3 Å². The van der Waals surface area contributed by atoms with Crippen LogP contribution in [0.25, 0.3) is 33.9 Å². The highest BCUT2D eigenvalue weighted by Crippen LogP contribution is 2.29. The molecule has 1 N–H and O–H groups in total. The molecule has 0 saturated heterocycles. The zero-order valence-corrected chi connectivity index (χ0v) is 20.4. The highest BCUT2D eigenvalue weighted by Gasteiger charge is 2.14. The molecule has 5 aromatic rings. The summed E-state index contributed by atoms with van der Waals surface area (Å²) in [7, 11) is 0. The summed E-state index contributed by atoms with van der Waals surface area (Å²) in [6.07, 6.45) is 1.08. The van der Waals surface area contributed by atoms with E-state index in [-0.39, 0.29) is 11.7 Å². The molecule has 34 heavy (non-hydrogen) atoms. The average molecular weight is 515 g/mol. The van der Waals surface area contributed by atoms with E-state index in [2.05, 4.69) is 52.2 Å². The first-order valence-corrected chi connectivity index (χ1v) is 12.0. The van der Waals surface area contributed by atoms with Crippen molar-refractivity contribution in [2.24, 2.45) is 0 Å². The number of nitrogens with zero attached hydrogens (tertiary/aromatic N) is 1. The number of hydrogen-bond acceptors (Lipinski definition) is 4. The van der Waals surface area contributed by atoms with Gasteiger partial charge in [-0.1, -0.05) is 48.0 Å². The maximum Gasteiger partial charge on any atom is 0.291 e. The Balaban J connectivity index is 1.30. The standard InChI is InChI=1S/C28H23BrN2O3/c1-3-17(2)20-8-13-25-23(16-20)31-28(34-25)19-6-11-22(12-7-19)30-27(32)26-15-14-24(33-26)18-4-9-21(29)10-5-18/h4-17H,3H2,1-2H3,(H,30,32)/t17-/m0/s1. The molecule has 5 nitrogen and oxygen atoms in total. The normalized spacial score (nSPS) is 12.1. The number of oxazole rings is 1. The lowest BCUT2D eigenvalue weighted by molar-refractivity contribution is 0.0997. The lowest BCUT2D eigenvalue weighted by Gasteiger charge is -2.07. The van der Waals surface area contributed by atoms with E-state index < -0.39 is 0 Å². The second-order valence-corrected chi connectivity index (χ2v) is 9.17. The number of carbonyl (C=O) groups is 1. The van der Waals surface area contributed by atoms with Crippen LogP contribution in [0.5, 0.6) is 0 Å². The lowest BCUT2D eigenvalue weighted by atomic mass is 9.98. The molecule has 170 valence electrons. The Morgan fingerprint density at radius 2 is 1.68 bits per heavy atom. The number of hydrogen-bond donors (Lipinski definition) is 1. The van der Waals surface area contributed by atoms with Gasteiger partial charge in [-0.2, -0.15) is 0 Å². The minimum Gasteiger partial charge on any atom is -0.451 e. The summed E-state index contributed by atoms with van der Waals surface area (Å²) in [5.41, 5.74) is 5.28. The smallest absolute Gasteiger partial charge is 0.291 e. The van der Waals surface area contributed by atoms with Crippen LogP contribution in [-0.2, 0) is 0 Å². The molecule has 2 aromatic heterocycles. The van der Waals surface area contributed by atoms with Gasteiger partial charge in [0, 0.05) is 21.3 Å². The second kappa shape index (κ2) is 9.31. The van der Waals surface area contributed by atoms with Crippen LogP contribution in [0.3, 0.4) is 0 Å². The maximum atomic E-state index is 12.7. The second-order valence-electron chi connectivity index (χ2n) is 8.26. The summed E-state index contributed by atoms with van der Waals surface area (Å²) in [6.45, 7) is 4.39. The number of anilines is 1. The van der Waals surface area contributed by atoms with Crippen LogP contribution in [0.15, 0.2) is 92.2 Å². The molecule has 1 atom stereocenters. The van der Waals surface area contributed by atoms with Gasteiger partial charge in [-0.15, -0.1) is 0 Å². The lowest BCUT2D eigenvalue weighted by Crippen LogP contribution is -2.10. The summed E-state index contributed by atoms with van der Waals surface area (Å²) in [5, 5.41) is 2.87. The van der Waals surface area contributed by atoms with Crippen LogP contribution >= 0.6 is 15.9 Å². The molecule has 6 heteroatoms. The number of fused-ring (bicyclic) bond motifs is 1. The van der Waals surface area contributed by atoms with Gasteiger partial charge < -0.3 is 14.2 Å². The molecule has 0 bridgehead atoms. The van der Waals surface area contributed by atoms with Crippen molar-refractivity contribution in [3.05, 3.63) is 94.7 Å². The Bertz CT molecular complexity index is 1450. The molecule has 0 aliphatic heterocycles. The molecule has 0 saturated carbocycles. The van der Waals surface area contributed by atoms with Crippen LogP contribution in [0.4, 0.5) is 5.69 Å². The Morgan fingerprint density at radius 3 is 2.41 bits per heavy atom. The molecule has 1 amide bonds. The summed E-state index contributed by atoms with van der Waals surface area (Å²) in [4.78, 5) is 17.3. The van der Waals surface area contributed by atoms with E-state index in [1.54, 1.807) is 12.1 Å². The van der Waals surface area contributed by atoms with E-state index in [1.807, 2.05) is 54.6 Å². The number of aromatic nitrogens is 1. The van der Waals surface area contributed by atoms with Gasteiger partial charge in [0.25, 0.3) is 5.91 Å². The van der Waals surface area contributed by atoms with E-state index in [9.17, 15) is 4.79 Å². The first-order chi connectivity index (χ1) is 16.5. The van der Waals surface area contributed by atoms with Gasteiger partial charge in [0.1, 0.15) is 11.3 Å². The monoisotopic (exact) mass is 514 g/mol. The molecular formula is C28H23BrN2O3. The first-order valence-electron chi connectivity index (χ1n) is 11.2. The molecule has 0 aliphatic rings. The van der Waals surface area contributed by atoms with Gasteiger partial charge in [-0.3, -0.25) is 4.79 Å². The van der Waals surface area contributed by atoms with Crippen molar-refractivity contribution in [3.8, 4) is 22.8 Å². The van der Waals surface area contributed by atoms with Crippen LogP contribution in [-0.4, -0.2) is 10.9 Å². The zero-order valence-electron chi connectivity index (χ0n) is 18.8. The molecule has 3 aromatic carbocycles. The Morgan fingerprint density at radius 1 is 0.941 bits per heavy atom. The predicted molar refractivity (Wildman–Crippen MR) is 138 cm³/mol. The number of benzene rings is 3. The van der Waals surface area contributed by atoms with Gasteiger partial charge in [0.05, 0.1) is 0 Å². The quantitative estimate of drug-likeness (QED) is 0.247. The SMILES string of the molecule is CC[C@H](C)c1ccc2oc(-c3ccc(NC(=O)c4ccc(-c5ccc(Br)cc5)o4)cc3)nc2c1. The molecule has 2 heterocycles. The fourth-order valence-corrected chi connectivity index (χ4v) is 3.99. The van der Waals surface area contributed by atoms with E-state index in [1.165, 1.54) is 5.56 Å². The fourth-order valence-electron chi connectivity index (χ4n) is 3.73. The van der Waals surface area contributed by atoms with Crippen LogP contribution < -0.4 is 5.32 Å². The van der Waals surface area contributed by atoms with E-state index >= 15 is 0 Å². The Kier molecular flexibility index (Phi) is 6.07. The van der Waals surface area contributed by atoms with Gasteiger partial charge in [0.15, 0.2) is 11.3 Å². The number of rotatable bonds is 6. The van der Waals surface area contributed by atoms with Crippen molar-refractivity contribution in [2.45, 2.75) is 26.2 Å². The topological polar surface area (TPSA) is 68.3 Å². The first kappa shape index (κ1) is 22.2. The Hall–Kier alpha value is -3.64. The van der Waals surface area contributed by atoms with Crippen LogP contribution in [0.2, 0.25) is 0 Å². The van der Waals surface area contributed by atoms with Gasteiger partial charge in [0.2, 0.25) is 5.89 Å². The van der Waals surface area contributed by atoms with Crippen molar-refractivity contribution in [1.29, 1.82) is 0 Å². The summed E-state index contributed by atoms with van der Waals surface area (Å²) in [5.74, 6) is 1.61. The third-order valence-corrected chi connectivity index (χ3v) is 6.47. The van der Waals surface area contributed by atoms with Crippen LogP contribution in [0.1, 0.15) is 42.3 Å². The number of carbonyl (C=O) groups excluding carboxylic acids is 1. The number of furan rings is 1. The number of halogens is 1. The molecule has 0 radical (unpaired) electrons. The molecule has 0 unspecified atom stereocenters. The van der Waals surface area contributed by atoms with Gasteiger partial charge >= 0.3 is 0 Å². The number of nitrogens with one attached hydrogen (secondary N) is 1.